The molecule has 4 N–H and O–H groups in total. The molecule has 0 saturated carbocycles. The van der Waals surface area contributed by atoms with Crippen molar-refractivity contribution in [1.82, 2.24) is 10.6 Å². The molecule has 0 fully saturated rings. The molecular formula is C32H43N3O8. The number of anilines is 1. The van der Waals surface area contributed by atoms with Crippen LogP contribution >= 0.6 is 0 Å². The molecule has 1 aliphatic carbocycles. The average molecular weight is 598 g/mol. The lowest BCUT2D eigenvalue weighted by molar-refractivity contribution is -0.143. The van der Waals surface area contributed by atoms with Crippen LogP contribution in [0.15, 0.2) is 29.1 Å². The van der Waals surface area contributed by atoms with Crippen LogP contribution in [0.25, 0.3) is 11.1 Å². The van der Waals surface area contributed by atoms with Gasteiger partial charge in [0.15, 0.2) is 11.5 Å². The summed E-state index contributed by atoms with van der Waals surface area (Å²) in [5.41, 5.74) is 2.62. The largest absolute Gasteiger partial charge is 0.493 e. The van der Waals surface area contributed by atoms with E-state index >= 15 is 0 Å². The minimum Gasteiger partial charge on any atom is -0.493 e. The molecule has 1 aliphatic rings. The van der Waals surface area contributed by atoms with Gasteiger partial charge in [-0.3, -0.25) is 14.4 Å². The lowest BCUT2D eigenvalue weighted by Gasteiger charge is -2.24. The Labute approximate surface area is 252 Å². The van der Waals surface area contributed by atoms with Gasteiger partial charge in [0.1, 0.15) is 12.1 Å². The Morgan fingerprint density at radius 2 is 1.67 bits per heavy atom. The number of benzene rings is 1. The molecular weight excluding hydrogens is 554 g/mol. The maximum atomic E-state index is 13.7. The number of hydrogen-bond donors (Lipinski definition) is 4. The predicted octanol–water partition coefficient (Wildman–Crippen LogP) is 3.92. The Bertz CT molecular complexity index is 1420. The highest BCUT2D eigenvalue weighted by Gasteiger charge is 2.31. The summed E-state index contributed by atoms with van der Waals surface area (Å²) >= 11 is 0. The molecule has 0 bridgehead atoms. The van der Waals surface area contributed by atoms with Gasteiger partial charge in [0.2, 0.25) is 23.0 Å². The summed E-state index contributed by atoms with van der Waals surface area (Å²) in [6.07, 6.45) is 1.43. The van der Waals surface area contributed by atoms with Crippen molar-refractivity contribution in [2.45, 2.75) is 72.0 Å². The normalized spacial score (nSPS) is 15.3. The summed E-state index contributed by atoms with van der Waals surface area (Å²) in [6.45, 7) is 8.73. The number of fused-ring (bicyclic) bond motifs is 3. The van der Waals surface area contributed by atoms with E-state index in [1.54, 1.807) is 33.1 Å². The van der Waals surface area contributed by atoms with Gasteiger partial charge in [-0.05, 0) is 66.0 Å². The fraction of sp³-hybridized carbons (Fsp3) is 0.500. The number of nitrogens with one attached hydrogen (secondary N) is 3. The zero-order valence-electron chi connectivity index (χ0n) is 26.1. The van der Waals surface area contributed by atoms with E-state index in [4.69, 9.17) is 14.2 Å². The Hall–Kier alpha value is -4.28. The minimum absolute atomic E-state index is 0.0672. The molecule has 3 atom stereocenters. The Kier molecular flexibility index (Phi) is 11.0. The molecule has 2 amide bonds. The summed E-state index contributed by atoms with van der Waals surface area (Å²) in [6, 6.07) is 4.30. The lowest BCUT2D eigenvalue weighted by atomic mass is 9.95. The van der Waals surface area contributed by atoms with Crippen molar-refractivity contribution in [3.05, 3.63) is 45.6 Å². The third-order valence-corrected chi connectivity index (χ3v) is 7.50. The van der Waals surface area contributed by atoms with Crippen molar-refractivity contribution in [3.63, 3.8) is 0 Å². The van der Waals surface area contributed by atoms with E-state index in [2.05, 4.69) is 16.0 Å². The van der Waals surface area contributed by atoms with Gasteiger partial charge in [-0.2, -0.15) is 0 Å². The van der Waals surface area contributed by atoms with Crippen molar-refractivity contribution < 1.29 is 33.7 Å². The van der Waals surface area contributed by atoms with E-state index in [1.807, 2.05) is 19.9 Å². The number of ether oxygens (including phenoxy) is 3. The first-order valence-corrected chi connectivity index (χ1v) is 14.4. The number of aliphatic carboxylic acids is 1. The third kappa shape index (κ3) is 7.57. The summed E-state index contributed by atoms with van der Waals surface area (Å²) in [7, 11) is 4.58. The molecule has 2 aromatic rings. The van der Waals surface area contributed by atoms with Crippen molar-refractivity contribution >= 4 is 23.5 Å². The Morgan fingerprint density at radius 1 is 1.00 bits per heavy atom. The van der Waals surface area contributed by atoms with Crippen molar-refractivity contribution in [2.75, 3.05) is 26.6 Å². The second-order valence-electron chi connectivity index (χ2n) is 11.5. The Morgan fingerprint density at radius 3 is 2.21 bits per heavy atom. The lowest BCUT2D eigenvalue weighted by Crippen LogP contribution is -2.50. The smallest absolute Gasteiger partial charge is 0.326 e. The first-order valence-electron chi connectivity index (χ1n) is 14.4. The highest BCUT2D eigenvalue weighted by atomic mass is 16.5. The first kappa shape index (κ1) is 33.2. The number of methoxy groups -OCH3 is 3. The van der Waals surface area contributed by atoms with Crippen LogP contribution in [-0.4, -0.2) is 56.3 Å². The van der Waals surface area contributed by atoms with E-state index in [9.17, 15) is 24.3 Å². The number of amides is 2. The second kappa shape index (κ2) is 14.3. The summed E-state index contributed by atoms with van der Waals surface area (Å²) < 4.78 is 17.0. The van der Waals surface area contributed by atoms with Crippen molar-refractivity contribution in [1.29, 1.82) is 0 Å². The van der Waals surface area contributed by atoms with E-state index in [-0.39, 0.29) is 28.9 Å². The van der Waals surface area contributed by atoms with E-state index < -0.39 is 30.0 Å². The standard InChI is InChI=1S/C32H43N3O8/c1-16(2)13-24(31(38)35-28(17(3)4)32(39)40)34-23-12-10-20-21(15-25(23)37)22(33-18(5)36)11-9-19-14-26(41-6)29(42-7)30(43-8)27(19)20/h10,12,14-17,22,24,28H,9,11,13H2,1-8H3,(H,33,36)(H,34,37)(H,35,38)(H,39,40)/t22-,24-,28-/m0/s1. The molecule has 234 valence electrons. The maximum Gasteiger partial charge on any atom is 0.326 e. The highest BCUT2D eigenvalue weighted by molar-refractivity contribution is 5.89. The number of carboxylic acids is 1. The molecule has 0 unspecified atom stereocenters. The molecule has 11 heteroatoms. The van der Waals surface area contributed by atoms with Gasteiger partial charge in [0.25, 0.3) is 0 Å². The molecule has 0 radical (unpaired) electrons. The van der Waals surface area contributed by atoms with E-state index in [0.29, 0.717) is 53.2 Å². The average Bonchev–Trinajstić information content (AvgIpc) is 3.18. The fourth-order valence-electron chi connectivity index (χ4n) is 5.48. The molecule has 0 aromatic heterocycles. The van der Waals surface area contributed by atoms with Crippen LogP contribution < -0.4 is 35.6 Å². The topological polar surface area (TPSA) is 152 Å². The molecule has 0 aliphatic heterocycles. The number of carbonyl (C=O) groups excluding carboxylic acids is 2. The van der Waals surface area contributed by atoms with Gasteiger partial charge in [-0.1, -0.05) is 33.8 Å². The first-order chi connectivity index (χ1) is 20.3. The monoisotopic (exact) mass is 597 g/mol. The molecule has 0 saturated heterocycles. The molecule has 0 spiro atoms. The van der Waals surface area contributed by atoms with E-state index in [1.165, 1.54) is 27.2 Å². The van der Waals surface area contributed by atoms with Crippen LogP contribution in [0.5, 0.6) is 17.2 Å². The fourth-order valence-corrected chi connectivity index (χ4v) is 5.48. The van der Waals surface area contributed by atoms with Crippen LogP contribution in [0.2, 0.25) is 0 Å². The van der Waals surface area contributed by atoms with E-state index in [0.717, 1.165) is 5.56 Å². The van der Waals surface area contributed by atoms with Gasteiger partial charge in [-0.25, -0.2) is 4.79 Å². The van der Waals surface area contributed by atoms with Crippen LogP contribution in [0.4, 0.5) is 5.69 Å². The van der Waals surface area contributed by atoms with Gasteiger partial charge in [0.05, 0.1) is 33.1 Å². The summed E-state index contributed by atoms with van der Waals surface area (Å²) in [5.74, 6) is -0.833. The van der Waals surface area contributed by atoms with Gasteiger partial charge < -0.3 is 35.3 Å². The molecule has 43 heavy (non-hydrogen) atoms. The molecule has 2 aromatic carbocycles. The number of aryl methyl sites for hydroxylation is 1. The predicted molar refractivity (Wildman–Crippen MR) is 164 cm³/mol. The van der Waals surface area contributed by atoms with Crippen LogP contribution in [-0.2, 0) is 20.8 Å². The van der Waals surface area contributed by atoms with Crippen LogP contribution in [0.1, 0.15) is 64.6 Å². The van der Waals surface area contributed by atoms with Crippen LogP contribution in [0.3, 0.4) is 0 Å². The van der Waals surface area contributed by atoms with Crippen molar-refractivity contribution in [3.8, 4) is 28.4 Å². The number of rotatable bonds is 12. The molecule has 11 nitrogen and oxygen atoms in total. The van der Waals surface area contributed by atoms with Gasteiger partial charge >= 0.3 is 5.97 Å². The maximum absolute atomic E-state index is 13.7. The quantitative estimate of drug-likeness (QED) is 0.285. The number of carboxylic acid groups (broad SMARTS) is 1. The SMILES string of the molecule is COc1cc2c(c(OC)c1OC)-c1ccc(N[C@@H](CC(C)C)C(=O)N[C@H](C(=O)O)C(C)C)c(=O)cc1[C@@H](NC(C)=O)CC2. The molecule has 3 rings (SSSR count). The zero-order chi connectivity index (χ0) is 32.0. The van der Waals surface area contributed by atoms with Gasteiger partial charge in [-0.15, -0.1) is 0 Å². The van der Waals surface area contributed by atoms with Crippen LogP contribution in [0, 0.1) is 11.8 Å². The third-order valence-electron chi connectivity index (χ3n) is 7.50. The number of hydrogen-bond acceptors (Lipinski definition) is 8. The highest BCUT2D eigenvalue weighted by Crippen LogP contribution is 2.50. The zero-order valence-corrected chi connectivity index (χ0v) is 26.1. The molecule has 0 heterocycles. The summed E-state index contributed by atoms with van der Waals surface area (Å²) in [5, 5.41) is 18.3. The Balaban J connectivity index is 2.21. The minimum atomic E-state index is -1.13. The second-order valence-corrected chi connectivity index (χ2v) is 11.5. The van der Waals surface area contributed by atoms with Crippen molar-refractivity contribution in [2.24, 2.45) is 11.8 Å². The van der Waals surface area contributed by atoms with Gasteiger partial charge in [0, 0.05) is 12.5 Å². The summed E-state index contributed by atoms with van der Waals surface area (Å²) in [4.78, 5) is 51.0. The number of carbonyl (C=O) groups is 3.